The first-order valence-electron chi connectivity index (χ1n) is 8.76. The number of piperidine rings is 1. The van der Waals surface area contributed by atoms with Gasteiger partial charge in [0, 0.05) is 39.3 Å². The summed E-state index contributed by atoms with van der Waals surface area (Å²) in [5.74, 6) is 0.692. The second-order valence-electron chi connectivity index (χ2n) is 6.24. The standard InChI is InChI=1S/C19H29FN4.HI/c1-3-12-24-13-9-18(10-14-24)23-19(21-2)22-11-5-7-16-6-4-8-17(20)15-16;/h3-4,6,8,15,18H,1,5,7,9-14H2,2H3,(H2,21,22,23);1H. The van der Waals surface area contributed by atoms with E-state index in [1.165, 1.54) is 6.07 Å². The van der Waals surface area contributed by atoms with E-state index >= 15 is 0 Å². The van der Waals surface area contributed by atoms with Gasteiger partial charge in [0.2, 0.25) is 0 Å². The lowest BCUT2D eigenvalue weighted by atomic mass is 10.1. The Labute approximate surface area is 168 Å². The number of nitrogens with one attached hydrogen (secondary N) is 2. The molecule has 0 unspecified atom stereocenters. The lowest BCUT2D eigenvalue weighted by molar-refractivity contribution is 0.225. The molecule has 6 heteroatoms. The summed E-state index contributed by atoms with van der Waals surface area (Å²) < 4.78 is 13.1. The summed E-state index contributed by atoms with van der Waals surface area (Å²) in [4.78, 5) is 6.72. The van der Waals surface area contributed by atoms with Crippen molar-refractivity contribution in [1.29, 1.82) is 0 Å². The second kappa shape index (κ2) is 12.2. The first kappa shape index (κ1) is 21.9. The number of likely N-dealkylation sites (tertiary alicyclic amines) is 1. The van der Waals surface area contributed by atoms with Gasteiger partial charge < -0.3 is 10.6 Å². The number of rotatable bonds is 7. The van der Waals surface area contributed by atoms with Gasteiger partial charge in [0.25, 0.3) is 0 Å². The highest BCUT2D eigenvalue weighted by Gasteiger charge is 2.18. The number of benzene rings is 1. The molecular weight excluding hydrogens is 430 g/mol. The van der Waals surface area contributed by atoms with Gasteiger partial charge in [-0.3, -0.25) is 9.89 Å². The van der Waals surface area contributed by atoms with Crippen molar-refractivity contribution >= 4 is 29.9 Å². The molecule has 1 aromatic carbocycles. The molecule has 140 valence electrons. The van der Waals surface area contributed by atoms with Crippen molar-refractivity contribution < 1.29 is 4.39 Å². The minimum Gasteiger partial charge on any atom is -0.356 e. The smallest absolute Gasteiger partial charge is 0.191 e. The van der Waals surface area contributed by atoms with Gasteiger partial charge in [-0.15, -0.1) is 30.6 Å². The van der Waals surface area contributed by atoms with Gasteiger partial charge in [0.05, 0.1) is 0 Å². The van der Waals surface area contributed by atoms with Crippen molar-refractivity contribution in [1.82, 2.24) is 15.5 Å². The van der Waals surface area contributed by atoms with Crippen LogP contribution in [-0.4, -0.2) is 50.1 Å². The fourth-order valence-electron chi connectivity index (χ4n) is 3.02. The summed E-state index contributed by atoms with van der Waals surface area (Å²) in [6.45, 7) is 7.79. The molecular formula is C19H30FIN4. The fraction of sp³-hybridized carbons (Fsp3) is 0.526. The third-order valence-electron chi connectivity index (χ3n) is 4.36. The molecule has 4 nitrogen and oxygen atoms in total. The highest BCUT2D eigenvalue weighted by atomic mass is 127. The Morgan fingerprint density at radius 3 is 2.80 bits per heavy atom. The maximum atomic E-state index is 13.1. The van der Waals surface area contributed by atoms with E-state index in [4.69, 9.17) is 0 Å². The highest BCUT2D eigenvalue weighted by molar-refractivity contribution is 14.0. The van der Waals surface area contributed by atoms with Gasteiger partial charge in [-0.05, 0) is 43.4 Å². The van der Waals surface area contributed by atoms with Crippen molar-refractivity contribution in [2.75, 3.05) is 33.2 Å². The fourth-order valence-corrected chi connectivity index (χ4v) is 3.02. The Morgan fingerprint density at radius 2 is 2.16 bits per heavy atom. The zero-order valence-corrected chi connectivity index (χ0v) is 17.3. The molecule has 0 atom stereocenters. The zero-order valence-electron chi connectivity index (χ0n) is 15.0. The number of aliphatic imine (C=N–C) groups is 1. The maximum absolute atomic E-state index is 13.1. The number of guanidine groups is 1. The number of halogens is 2. The molecule has 0 aliphatic carbocycles. The molecule has 1 aliphatic heterocycles. The molecule has 0 radical (unpaired) electrons. The van der Waals surface area contributed by atoms with Gasteiger partial charge in [-0.25, -0.2) is 4.39 Å². The quantitative estimate of drug-likeness (QED) is 0.216. The van der Waals surface area contributed by atoms with Crippen LogP contribution < -0.4 is 10.6 Å². The van der Waals surface area contributed by atoms with Crippen LogP contribution in [0.25, 0.3) is 0 Å². The first-order valence-corrected chi connectivity index (χ1v) is 8.76. The van der Waals surface area contributed by atoms with Gasteiger partial charge in [0.15, 0.2) is 5.96 Å². The van der Waals surface area contributed by atoms with Gasteiger partial charge in [-0.1, -0.05) is 18.2 Å². The van der Waals surface area contributed by atoms with Gasteiger partial charge >= 0.3 is 0 Å². The molecule has 0 saturated carbocycles. The van der Waals surface area contributed by atoms with Crippen LogP contribution >= 0.6 is 24.0 Å². The van der Waals surface area contributed by atoms with Gasteiger partial charge in [-0.2, -0.15) is 0 Å². The molecule has 1 aromatic rings. The molecule has 25 heavy (non-hydrogen) atoms. The van der Waals surface area contributed by atoms with Crippen LogP contribution in [0.5, 0.6) is 0 Å². The van der Waals surface area contributed by atoms with E-state index < -0.39 is 0 Å². The van der Waals surface area contributed by atoms with Crippen molar-refractivity contribution in [2.45, 2.75) is 31.7 Å². The molecule has 1 fully saturated rings. The molecule has 1 heterocycles. The summed E-state index contributed by atoms with van der Waals surface area (Å²) in [6.07, 6.45) is 6.02. The number of aryl methyl sites for hydroxylation is 1. The predicted octanol–water partition coefficient (Wildman–Crippen LogP) is 3.19. The summed E-state index contributed by atoms with van der Waals surface area (Å²) in [5, 5.41) is 6.86. The van der Waals surface area contributed by atoms with E-state index in [9.17, 15) is 4.39 Å². The lowest BCUT2D eigenvalue weighted by Crippen LogP contribution is -2.48. The number of hydrogen-bond acceptors (Lipinski definition) is 2. The van der Waals surface area contributed by atoms with E-state index in [1.54, 1.807) is 19.2 Å². The molecule has 0 bridgehead atoms. The van der Waals surface area contributed by atoms with Crippen LogP contribution in [-0.2, 0) is 6.42 Å². The van der Waals surface area contributed by atoms with E-state index in [0.29, 0.717) is 6.04 Å². The summed E-state index contributed by atoms with van der Waals surface area (Å²) in [5.41, 5.74) is 1.04. The number of hydrogen-bond donors (Lipinski definition) is 2. The minimum absolute atomic E-state index is 0. The molecule has 2 N–H and O–H groups in total. The molecule has 0 spiro atoms. The highest BCUT2D eigenvalue weighted by Crippen LogP contribution is 2.10. The van der Waals surface area contributed by atoms with Crippen LogP contribution in [0.1, 0.15) is 24.8 Å². The average Bonchev–Trinajstić information content (AvgIpc) is 2.59. The minimum atomic E-state index is -0.166. The molecule has 1 aliphatic rings. The van der Waals surface area contributed by atoms with Crippen molar-refractivity contribution in [3.8, 4) is 0 Å². The van der Waals surface area contributed by atoms with Crippen LogP contribution in [0.4, 0.5) is 4.39 Å². The Morgan fingerprint density at radius 1 is 1.40 bits per heavy atom. The zero-order chi connectivity index (χ0) is 17.2. The van der Waals surface area contributed by atoms with Crippen LogP contribution in [0.2, 0.25) is 0 Å². The largest absolute Gasteiger partial charge is 0.356 e. The first-order chi connectivity index (χ1) is 11.7. The second-order valence-corrected chi connectivity index (χ2v) is 6.24. The van der Waals surface area contributed by atoms with Gasteiger partial charge in [0.1, 0.15) is 5.82 Å². The van der Waals surface area contributed by atoms with Crippen LogP contribution in [0.3, 0.4) is 0 Å². The van der Waals surface area contributed by atoms with E-state index in [2.05, 4.69) is 27.1 Å². The Bertz CT molecular complexity index is 542. The normalized spacial score (nSPS) is 16.2. The summed E-state index contributed by atoms with van der Waals surface area (Å²) in [6, 6.07) is 7.28. The van der Waals surface area contributed by atoms with Crippen molar-refractivity contribution in [3.05, 3.63) is 48.3 Å². The van der Waals surface area contributed by atoms with Crippen LogP contribution in [0, 0.1) is 5.82 Å². The SMILES string of the molecule is C=CCN1CCC(NC(=NC)NCCCc2cccc(F)c2)CC1.I. The lowest BCUT2D eigenvalue weighted by Gasteiger charge is -2.32. The topological polar surface area (TPSA) is 39.7 Å². The monoisotopic (exact) mass is 460 g/mol. The Balaban J connectivity index is 0.00000312. The predicted molar refractivity (Wildman–Crippen MR) is 114 cm³/mol. The van der Waals surface area contributed by atoms with E-state index in [1.807, 2.05) is 12.1 Å². The van der Waals surface area contributed by atoms with E-state index in [0.717, 1.165) is 63.4 Å². The average molecular weight is 460 g/mol. The van der Waals surface area contributed by atoms with Crippen molar-refractivity contribution in [3.63, 3.8) is 0 Å². The Kier molecular flexibility index (Phi) is 10.7. The maximum Gasteiger partial charge on any atom is 0.191 e. The summed E-state index contributed by atoms with van der Waals surface area (Å²) in [7, 11) is 1.80. The molecule has 0 aromatic heterocycles. The number of nitrogens with zero attached hydrogens (tertiary/aromatic N) is 2. The molecule has 1 saturated heterocycles. The van der Waals surface area contributed by atoms with E-state index in [-0.39, 0.29) is 29.8 Å². The van der Waals surface area contributed by atoms with Crippen LogP contribution in [0.15, 0.2) is 41.9 Å². The Hall–Kier alpha value is -1.15. The molecule has 0 amide bonds. The third-order valence-corrected chi connectivity index (χ3v) is 4.36. The summed E-state index contributed by atoms with van der Waals surface area (Å²) >= 11 is 0. The molecule has 2 rings (SSSR count). The van der Waals surface area contributed by atoms with Crippen molar-refractivity contribution in [2.24, 2.45) is 4.99 Å². The third kappa shape index (κ3) is 8.18.